The molecule has 5 rings (SSSR count). The Hall–Kier alpha value is -3.18. The number of H-pyrrole nitrogens is 1. The zero-order valence-electron chi connectivity index (χ0n) is 19.3. The Kier molecular flexibility index (Phi) is 6.61. The summed E-state index contributed by atoms with van der Waals surface area (Å²) in [7, 11) is 0. The molecule has 0 radical (unpaired) electrons. The number of halogens is 3. The minimum Gasteiger partial charge on any atom is -0.394 e. The van der Waals surface area contributed by atoms with Crippen LogP contribution in [0.4, 0.5) is 19.1 Å². The number of alkyl halides is 2. The van der Waals surface area contributed by atoms with E-state index in [2.05, 4.69) is 25.3 Å². The molecule has 186 valence electrons. The van der Waals surface area contributed by atoms with E-state index in [1.165, 1.54) is 10.6 Å². The van der Waals surface area contributed by atoms with Crippen molar-refractivity contribution >= 4 is 28.0 Å². The molecule has 1 aliphatic rings. The van der Waals surface area contributed by atoms with Gasteiger partial charge in [-0.05, 0) is 50.3 Å². The number of nitrogens with zero attached hydrogens (tertiary/aromatic N) is 4. The molecule has 0 unspecified atom stereocenters. The van der Waals surface area contributed by atoms with E-state index < -0.39 is 18.8 Å². The second kappa shape index (κ2) is 9.82. The van der Waals surface area contributed by atoms with Gasteiger partial charge < -0.3 is 24.7 Å². The average molecular weight is 489 g/mol. The highest BCUT2D eigenvalue weighted by Gasteiger charge is 2.23. The molecular formula is C24H27F3N6O2. The summed E-state index contributed by atoms with van der Waals surface area (Å²) in [5.41, 5.74) is 2.20. The van der Waals surface area contributed by atoms with E-state index >= 15 is 0 Å². The van der Waals surface area contributed by atoms with Gasteiger partial charge in [-0.15, -0.1) is 0 Å². The van der Waals surface area contributed by atoms with Crippen molar-refractivity contribution in [3.63, 3.8) is 0 Å². The van der Waals surface area contributed by atoms with Crippen molar-refractivity contribution in [1.82, 2.24) is 24.5 Å². The summed E-state index contributed by atoms with van der Waals surface area (Å²) in [6.45, 7) is 1.43. The highest BCUT2D eigenvalue weighted by atomic mass is 19.3. The van der Waals surface area contributed by atoms with Crippen molar-refractivity contribution < 1.29 is 23.0 Å². The SMILES string of the molecule is Cc1nc2c(F)cc(-c3c[nH]c4nc(N[C@H]5CC[C@@H](OCCO)CC5)ncc34)cc2n1CC(F)F. The fraction of sp³-hybridized carbons (Fsp3) is 0.458. The first kappa shape index (κ1) is 23.6. The lowest BCUT2D eigenvalue weighted by Crippen LogP contribution is -2.30. The monoisotopic (exact) mass is 488 g/mol. The van der Waals surface area contributed by atoms with Crippen LogP contribution in [0.25, 0.3) is 33.2 Å². The fourth-order valence-corrected chi connectivity index (χ4v) is 4.81. The number of hydrogen-bond acceptors (Lipinski definition) is 6. The zero-order valence-corrected chi connectivity index (χ0v) is 19.3. The molecule has 0 bridgehead atoms. The Morgan fingerprint density at radius 3 is 2.77 bits per heavy atom. The van der Waals surface area contributed by atoms with Gasteiger partial charge in [-0.25, -0.2) is 23.1 Å². The Labute approximate surface area is 199 Å². The van der Waals surface area contributed by atoms with Gasteiger partial charge in [-0.3, -0.25) is 0 Å². The summed E-state index contributed by atoms with van der Waals surface area (Å²) in [6, 6.07) is 3.26. The molecule has 1 aliphatic carbocycles. The number of aryl methyl sites for hydroxylation is 1. The number of imidazole rings is 1. The Bertz CT molecular complexity index is 1330. The Morgan fingerprint density at radius 2 is 2.03 bits per heavy atom. The molecule has 0 aliphatic heterocycles. The smallest absolute Gasteiger partial charge is 0.256 e. The van der Waals surface area contributed by atoms with E-state index in [-0.39, 0.29) is 24.3 Å². The molecule has 0 spiro atoms. The lowest BCUT2D eigenvalue weighted by Gasteiger charge is -2.28. The molecule has 0 atom stereocenters. The van der Waals surface area contributed by atoms with Crippen LogP contribution in [0, 0.1) is 12.7 Å². The number of ether oxygens (including phenoxy) is 1. The minimum absolute atomic E-state index is 0.0314. The van der Waals surface area contributed by atoms with Crippen LogP contribution in [0.1, 0.15) is 31.5 Å². The standard InChI is InChI=1S/C24H27F3N6O2/c1-13-30-22-19(25)8-14(9-20(22)33(13)12-21(26)27)17-10-28-23-18(17)11-29-24(32-23)31-15-2-4-16(5-3-15)35-7-6-34/h8-11,15-16,21,34H,2-7,12H2,1H3,(H2,28,29,31,32)/t15-,16+. The lowest BCUT2D eigenvalue weighted by molar-refractivity contribution is 0.00719. The second-order valence-corrected chi connectivity index (χ2v) is 8.86. The van der Waals surface area contributed by atoms with E-state index in [1.807, 2.05) is 0 Å². The van der Waals surface area contributed by atoms with Crippen molar-refractivity contribution in [2.45, 2.75) is 57.7 Å². The van der Waals surface area contributed by atoms with Crippen molar-refractivity contribution in [2.75, 3.05) is 18.5 Å². The molecular weight excluding hydrogens is 461 g/mol. The van der Waals surface area contributed by atoms with E-state index in [9.17, 15) is 13.2 Å². The molecule has 0 amide bonds. The third-order valence-corrected chi connectivity index (χ3v) is 6.51. The Balaban J connectivity index is 1.38. The maximum Gasteiger partial charge on any atom is 0.256 e. The van der Waals surface area contributed by atoms with Crippen LogP contribution < -0.4 is 5.32 Å². The molecule has 1 fully saturated rings. The molecule has 1 saturated carbocycles. The van der Waals surface area contributed by atoms with E-state index in [0.717, 1.165) is 25.7 Å². The molecule has 1 aromatic carbocycles. The number of benzene rings is 1. The lowest BCUT2D eigenvalue weighted by atomic mass is 9.93. The number of aromatic nitrogens is 5. The summed E-state index contributed by atoms with van der Waals surface area (Å²) in [5, 5.41) is 13.0. The zero-order chi connectivity index (χ0) is 24.5. The average Bonchev–Trinajstić information content (AvgIpc) is 3.39. The number of nitrogens with one attached hydrogen (secondary N) is 2. The van der Waals surface area contributed by atoms with Crippen LogP contribution in [0.15, 0.2) is 24.5 Å². The number of rotatable bonds is 8. The molecule has 0 saturated heterocycles. The molecule has 3 N–H and O–H groups in total. The summed E-state index contributed by atoms with van der Waals surface area (Å²) >= 11 is 0. The first-order valence-electron chi connectivity index (χ1n) is 11.7. The molecule has 3 aromatic heterocycles. The largest absolute Gasteiger partial charge is 0.394 e. The van der Waals surface area contributed by atoms with Crippen LogP contribution in [-0.4, -0.2) is 61.4 Å². The number of aliphatic hydroxyl groups excluding tert-OH is 1. The van der Waals surface area contributed by atoms with Crippen molar-refractivity contribution in [2.24, 2.45) is 0 Å². The summed E-state index contributed by atoms with van der Waals surface area (Å²) in [5.74, 6) is 0.266. The number of aliphatic hydroxyl groups is 1. The maximum absolute atomic E-state index is 14.9. The highest BCUT2D eigenvalue weighted by molar-refractivity contribution is 5.96. The number of aromatic amines is 1. The predicted molar refractivity (Wildman–Crippen MR) is 126 cm³/mol. The van der Waals surface area contributed by atoms with E-state index in [0.29, 0.717) is 46.1 Å². The summed E-state index contributed by atoms with van der Waals surface area (Å²) < 4.78 is 48.0. The topological polar surface area (TPSA) is 101 Å². The molecule has 4 aromatic rings. The first-order valence-corrected chi connectivity index (χ1v) is 11.7. The van der Waals surface area contributed by atoms with Crippen LogP contribution in [0.3, 0.4) is 0 Å². The predicted octanol–water partition coefficient (Wildman–Crippen LogP) is 4.42. The van der Waals surface area contributed by atoms with E-state index in [1.54, 1.807) is 25.4 Å². The summed E-state index contributed by atoms with van der Waals surface area (Å²) in [4.78, 5) is 16.3. The van der Waals surface area contributed by atoms with Gasteiger partial charge in [-0.1, -0.05) is 0 Å². The molecule has 35 heavy (non-hydrogen) atoms. The van der Waals surface area contributed by atoms with Crippen molar-refractivity contribution in [1.29, 1.82) is 0 Å². The second-order valence-electron chi connectivity index (χ2n) is 8.86. The number of fused-ring (bicyclic) bond motifs is 2. The van der Waals surface area contributed by atoms with Crippen LogP contribution >= 0.6 is 0 Å². The Morgan fingerprint density at radius 1 is 1.23 bits per heavy atom. The van der Waals surface area contributed by atoms with Gasteiger partial charge in [0.15, 0.2) is 5.82 Å². The number of anilines is 1. The first-order chi connectivity index (χ1) is 16.9. The quantitative estimate of drug-likeness (QED) is 0.340. The van der Waals surface area contributed by atoms with Crippen LogP contribution in [0.5, 0.6) is 0 Å². The van der Waals surface area contributed by atoms with Crippen LogP contribution in [-0.2, 0) is 11.3 Å². The minimum atomic E-state index is -2.58. The van der Waals surface area contributed by atoms with Gasteiger partial charge in [0, 0.05) is 29.4 Å². The van der Waals surface area contributed by atoms with Crippen LogP contribution in [0.2, 0.25) is 0 Å². The van der Waals surface area contributed by atoms with Crippen molar-refractivity contribution in [3.05, 3.63) is 36.2 Å². The van der Waals surface area contributed by atoms with Gasteiger partial charge in [0.1, 0.15) is 17.0 Å². The van der Waals surface area contributed by atoms with Gasteiger partial charge in [-0.2, -0.15) is 4.98 Å². The van der Waals surface area contributed by atoms with E-state index in [4.69, 9.17) is 9.84 Å². The molecule has 8 nitrogen and oxygen atoms in total. The normalized spacial score (nSPS) is 18.7. The number of hydrogen-bond donors (Lipinski definition) is 3. The highest BCUT2D eigenvalue weighted by Crippen LogP contribution is 2.32. The van der Waals surface area contributed by atoms with Gasteiger partial charge >= 0.3 is 0 Å². The maximum atomic E-state index is 14.9. The van der Waals surface area contributed by atoms with Gasteiger partial charge in [0.2, 0.25) is 5.95 Å². The molecule has 11 heteroatoms. The molecule has 3 heterocycles. The summed E-state index contributed by atoms with van der Waals surface area (Å²) in [6.07, 6.45) is 4.63. The van der Waals surface area contributed by atoms with Gasteiger partial charge in [0.25, 0.3) is 6.43 Å². The van der Waals surface area contributed by atoms with Crippen molar-refractivity contribution in [3.8, 4) is 11.1 Å². The fourth-order valence-electron chi connectivity index (χ4n) is 4.81. The third-order valence-electron chi connectivity index (χ3n) is 6.51. The van der Waals surface area contributed by atoms with Gasteiger partial charge in [0.05, 0.1) is 31.4 Å². The third kappa shape index (κ3) is 4.83.